The van der Waals surface area contributed by atoms with E-state index in [2.05, 4.69) is 0 Å². The van der Waals surface area contributed by atoms with Crippen molar-refractivity contribution in [2.45, 2.75) is 23.6 Å². The molecule has 0 spiro atoms. The second kappa shape index (κ2) is 5.87. The van der Waals surface area contributed by atoms with E-state index in [9.17, 15) is 16.8 Å². The van der Waals surface area contributed by atoms with Gasteiger partial charge in [0.05, 0.1) is 10.6 Å². The summed E-state index contributed by atoms with van der Waals surface area (Å²) < 4.78 is 45.6. The zero-order chi connectivity index (χ0) is 14.8. The average molecular weight is 346 g/mol. The summed E-state index contributed by atoms with van der Waals surface area (Å²) in [5, 5.41) is 0. The molecule has 1 rings (SSSR count). The zero-order valence-electron chi connectivity index (χ0n) is 10.3. The van der Waals surface area contributed by atoms with E-state index < -0.39 is 18.1 Å². The smallest absolute Gasteiger partial charge is 0.263 e. The summed E-state index contributed by atoms with van der Waals surface area (Å²) in [6.45, 7) is 4.63. The van der Waals surface area contributed by atoms with Crippen LogP contribution in [0.3, 0.4) is 0 Å². The van der Waals surface area contributed by atoms with Crippen molar-refractivity contribution in [2.24, 2.45) is 0 Å². The zero-order valence-corrected chi connectivity index (χ0v) is 13.4. The lowest BCUT2D eigenvalue weighted by Gasteiger charge is -2.23. The number of benzene rings is 1. The van der Waals surface area contributed by atoms with E-state index in [4.69, 9.17) is 21.4 Å². The molecule has 108 valence electrons. The van der Waals surface area contributed by atoms with E-state index in [1.165, 1.54) is 6.07 Å². The Balaban J connectivity index is 3.61. The maximum Gasteiger partial charge on any atom is 0.263 e. The van der Waals surface area contributed by atoms with Crippen LogP contribution in [-0.4, -0.2) is 29.9 Å². The van der Waals surface area contributed by atoms with E-state index in [-0.39, 0.29) is 15.5 Å². The van der Waals surface area contributed by atoms with Crippen molar-refractivity contribution in [2.75, 3.05) is 18.0 Å². The fourth-order valence-corrected chi connectivity index (χ4v) is 3.50. The predicted molar refractivity (Wildman–Crippen MR) is 76.1 cm³/mol. The molecule has 0 unspecified atom stereocenters. The minimum atomic E-state index is -3.97. The quantitative estimate of drug-likeness (QED) is 0.766. The van der Waals surface area contributed by atoms with Gasteiger partial charge < -0.3 is 4.90 Å². The van der Waals surface area contributed by atoms with Crippen LogP contribution in [0.5, 0.6) is 0 Å². The monoisotopic (exact) mass is 345 g/mol. The van der Waals surface area contributed by atoms with Crippen LogP contribution in [0.25, 0.3) is 0 Å². The van der Waals surface area contributed by atoms with E-state index in [1.807, 2.05) is 13.8 Å². The van der Waals surface area contributed by atoms with E-state index in [0.29, 0.717) is 13.1 Å². The lowest BCUT2D eigenvalue weighted by atomic mass is 10.3. The van der Waals surface area contributed by atoms with Gasteiger partial charge in [0, 0.05) is 34.5 Å². The third-order valence-corrected chi connectivity index (χ3v) is 5.30. The molecule has 0 fully saturated rings. The largest absolute Gasteiger partial charge is 0.371 e. The highest BCUT2D eigenvalue weighted by atomic mass is 35.7. The molecular formula is C10H13Cl2NO4S2. The average Bonchev–Trinajstić information content (AvgIpc) is 2.28. The lowest BCUT2D eigenvalue weighted by molar-refractivity contribution is 0.605. The third kappa shape index (κ3) is 3.98. The number of anilines is 1. The van der Waals surface area contributed by atoms with Gasteiger partial charge in [-0.3, -0.25) is 0 Å². The SMILES string of the molecule is CCN(CC)c1cc(S(=O)(=O)Cl)ccc1S(=O)(=O)Cl. The van der Waals surface area contributed by atoms with E-state index >= 15 is 0 Å². The van der Waals surface area contributed by atoms with Crippen LogP contribution in [-0.2, 0) is 18.1 Å². The van der Waals surface area contributed by atoms with Crippen LogP contribution in [0.4, 0.5) is 5.69 Å². The molecule has 0 atom stereocenters. The minimum absolute atomic E-state index is 0.137. The molecule has 0 heterocycles. The second-order valence-corrected chi connectivity index (χ2v) is 8.78. The maximum atomic E-state index is 11.5. The van der Waals surface area contributed by atoms with Crippen LogP contribution >= 0.6 is 21.4 Å². The number of halogens is 2. The first-order chi connectivity index (χ1) is 8.61. The highest BCUT2D eigenvalue weighted by Crippen LogP contribution is 2.31. The van der Waals surface area contributed by atoms with Gasteiger partial charge in [-0.25, -0.2) is 16.8 Å². The Bertz CT molecular complexity index is 667. The van der Waals surface area contributed by atoms with Crippen molar-refractivity contribution in [3.8, 4) is 0 Å². The van der Waals surface area contributed by atoms with Gasteiger partial charge in [-0.05, 0) is 32.0 Å². The molecule has 0 aliphatic heterocycles. The van der Waals surface area contributed by atoms with Crippen molar-refractivity contribution in [1.82, 2.24) is 0 Å². The molecule has 0 radical (unpaired) electrons. The van der Waals surface area contributed by atoms with Gasteiger partial charge >= 0.3 is 0 Å². The Hall–Kier alpha value is -0.500. The summed E-state index contributed by atoms with van der Waals surface area (Å²) in [6.07, 6.45) is 0. The first-order valence-corrected chi connectivity index (χ1v) is 10.0. The molecule has 0 aliphatic carbocycles. The molecule has 0 saturated heterocycles. The maximum absolute atomic E-state index is 11.5. The molecule has 0 aliphatic rings. The summed E-state index contributed by atoms with van der Waals surface area (Å²) in [6, 6.07) is 3.47. The molecule has 1 aromatic rings. The third-order valence-electron chi connectivity index (χ3n) is 2.58. The Morgan fingerprint density at radius 1 is 1.00 bits per heavy atom. The first kappa shape index (κ1) is 16.6. The molecule has 0 amide bonds. The van der Waals surface area contributed by atoms with Gasteiger partial charge in [-0.15, -0.1) is 0 Å². The molecule has 5 nitrogen and oxygen atoms in total. The lowest BCUT2D eigenvalue weighted by Crippen LogP contribution is -2.23. The minimum Gasteiger partial charge on any atom is -0.371 e. The molecule has 1 aromatic carbocycles. The summed E-state index contributed by atoms with van der Waals surface area (Å²) in [5.41, 5.74) is 0.224. The molecule has 0 aromatic heterocycles. The summed E-state index contributed by atoms with van der Waals surface area (Å²) in [4.78, 5) is 1.38. The van der Waals surface area contributed by atoms with Crippen molar-refractivity contribution >= 4 is 45.2 Å². The van der Waals surface area contributed by atoms with E-state index in [0.717, 1.165) is 12.1 Å². The number of rotatable bonds is 5. The Kier molecular flexibility index (Phi) is 5.11. The highest BCUT2D eigenvalue weighted by molar-refractivity contribution is 8.14. The summed E-state index contributed by atoms with van der Waals surface area (Å²) >= 11 is 0. The first-order valence-electron chi connectivity index (χ1n) is 5.39. The van der Waals surface area contributed by atoms with Gasteiger partial charge in [-0.2, -0.15) is 0 Å². The Morgan fingerprint density at radius 2 is 1.53 bits per heavy atom. The van der Waals surface area contributed by atoms with E-state index in [1.54, 1.807) is 4.90 Å². The van der Waals surface area contributed by atoms with Crippen LogP contribution in [0.1, 0.15) is 13.8 Å². The van der Waals surface area contributed by atoms with Crippen molar-refractivity contribution in [1.29, 1.82) is 0 Å². The highest BCUT2D eigenvalue weighted by Gasteiger charge is 2.22. The van der Waals surface area contributed by atoms with Crippen LogP contribution in [0.15, 0.2) is 28.0 Å². The fraction of sp³-hybridized carbons (Fsp3) is 0.400. The van der Waals surface area contributed by atoms with Crippen LogP contribution in [0, 0.1) is 0 Å². The molecule has 19 heavy (non-hydrogen) atoms. The van der Waals surface area contributed by atoms with Gasteiger partial charge in [0.15, 0.2) is 0 Å². The Morgan fingerprint density at radius 3 is 1.89 bits per heavy atom. The van der Waals surface area contributed by atoms with Gasteiger partial charge in [-0.1, -0.05) is 0 Å². The number of nitrogens with zero attached hydrogens (tertiary/aromatic N) is 1. The summed E-state index contributed by atoms with van der Waals surface area (Å²) in [5.74, 6) is 0. The number of hydrogen-bond acceptors (Lipinski definition) is 5. The van der Waals surface area contributed by atoms with Crippen molar-refractivity contribution < 1.29 is 16.8 Å². The van der Waals surface area contributed by atoms with Crippen LogP contribution in [0.2, 0.25) is 0 Å². The molecule has 9 heteroatoms. The van der Waals surface area contributed by atoms with Crippen molar-refractivity contribution in [3.63, 3.8) is 0 Å². The van der Waals surface area contributed by atoms with Crippen molar-refractivity contribution in [3.05, 3.63) is 18.2 Å². The second-order valence-electron chi connectivity index (χ2n) is 3.68. The summed E-state index contributed by atoms with van der Waals surface area (Å²) in [7, 11) is 2.71. The molecule has 0 N–H and O–H groups in total. The number of hydrogen-bond donors (Lipinski definition) is 0. The topological polar surface area (TPSA) is 71.5 Å². The fourth-order valence-electron chi connectivity index (χ4n) is 1.67. The van der Waals surface area contributed by atoms with Gasteiger partial charge in [0.2, 0.25) is 0 Å². The Labute approximate surface area is 122 Å². The van der Waals surface area contributed by atoms with Gasteiger partial charge in [0.1, 0.15) is 4.90 Å². The molecule has 0 bridgehead atoms. The van der Waals surface area contributed by atoms with Crippen LogP contribution < -0.4 is 4.90 Å². The normalized spacial score (nSPS) is 12.4. The molecular weight excluding hydrogens is 333 g/mol. The van der Waals surface area contributed by atoms with Gasteiger partial charge in [0.25, 0.3) is 18.1 Å². The molecule has 0 saturated carbocycles. The predicted octanol–water partition coefficient (Wildman–Crippen LogP) is 2.39. The standard InChI is InChI=1S/C10H13Cl2NO4S2/c1-3-13(4-2)9-7-8(18(11,14)15)5-6-10(9)19(12,16)17/h5-7H,3-4H2,1-2H3.